The quantitative estimate of drug-likeness (QED) is 0.733. The molecule has 1 saturated heterocycles. The fourth-order valence-corrected chi connectivity index (χ4v) is 3.51. The molecule has 0 spiro atoms. The summed E-state index contributed by atoms with van der Waals surface area (Å²) in [4.78, 5) is 26.1. The number of halogens is 1. The van der Waals surface area contributed by atoms with Crippen molar-refractivity contribution in [3.63, 3.8) is 0 Å². The van der Waals surface area contributed by atoms with E-state index in [1.54, 1.807) is 30.3 Å². The van der Waals surface area contributed by atoms with Crippen LogP contribution in [0.25, 0.3) is 0 Å². The zero-order valence-corrected chi connectivity index (χ0v) is 16.0. The predicted molar refractivity (Wildman–Crippen MR) is 102 cm³/mol. The van der Waals surface area contributed by atoms with E-state index in [9.17, 15) is 18.0 Å². The zero-order chi connectivity index (χ0) is 19.8. The monoisotopic (exact) mass is 407 g/mol. The first-order valence-electron chi connectivity index (χ1n) is 8.15. The van der Waals surface area contributed by atoms with E-state index < -0.39 is 16.1 Å². The van der Waals surface area contributed by atoms with E-state index >= 15 is 0 Å². The number of anilines is 1. The Hall–Kier alpha value is -2.26. The van der Waals surface area contributed by atoms with Crippen molar-refractivity contribution in [1.82, 2.24) is 5.32 Å². The summed E-state index contributed by atoms with van der Waals surface area (Å²) in [5.41, 5.74) is 2.07. The second-order valence-electron chi connectivity index (χ2n) is 6.33. The van der Waals surface area contributed by atoms with Gasteiger partial charge in [-0.2, -0.15) is 0 Å². The Kier molecular flexibility index (Phi) is 5.34. The summed E-state index contributed by atoms with van der Waals surface area (Å²) in [6.07, 6.45) is 0.0413. The number of aryl methyl sites for hydroxylation is 1. The molecule has 3 rings (SSSR count). The lowest BCUT2D eigenvalue weighted by Crippen LogP contribution is -2.38. The minimum Gasteiger partial charge on any atom is -0.301 e. The van der Waals surface area contributed by atoms with Crippen molar-refractivity contribution in [2.45, 2.75) is 30.8 Å². The number of nitrogens with one attached hydrogen (secondary N) is 1. The highest BCUT2D eigenvalue weighted by Crippen LogP contribution is 2.27. The molecule has 0 unspecified atom stereocenters. The Balaban J connectivity index is 1.69. The number of sulfonamides is 1. The standard InChI is InChI=1S/C18H18ClN3O4S/c1-11-2-5-13(8-15(11)19)22-17(23)9-16(18(22)24)21-10-12-3-6-14(7-4-12)27(20,25)26/h2-8,16,21H,9-10H2,1H3,(H2,20,25,26)/t16-/m1/s1. The van der Waals surface area contributed by atoms with Crippen LogP contribution in [0.1, 0.15) is 17.5 Å². The number of hydrogen-bond acceptors (Lipinski definition) is 5. The van der Waals surface area contributed by atoms with Crippen LogP contribution < -0.4 is 15.4 Å². The maximum absolute atomic E-state index is 12.6. The summed E-state index contributed by atoms with van der Waals surface area (Å²) in [5, 5.41) is 8.59. The Morgan fingerprint density at radius 3 is 2.44 bits per heavy atom. The summed E-state index contributed by atoms with van der Waals surface area (Å²) in [6, 6.07) is 10.4. The van der Waals surface area contributed by atoms with E-state index in [1.165, 1.54) is 12.1 Å². The molecule has 1 aliphatic heterocycles. The van der Waals surface area contributed by atoms with Crippen LogP contribution in [0.4, 0.5) is 5.69 Å². The molecular formula is C18H18ClN3O4S. The van der Waals surface area contributed by atoms with E-state index in [2.05, 4.69) is 5.32 Å². The molecule has 2 amide bonds. The normalized spacial score (nSPS) is 17.6. The van der Waals surface area contributed by atoms with Gasteiger partial charge in [-0.1, -0.05) is 29.8 Å². The molecule has 1 aliphatic rings. The molecule has 27 heavy (non-hydrogen) atoms. The number of primary sulfonamides is 1. The number of benzene rings is 2. The lowest BCUT2D eigenvalue weighted by molar-refractivity contribution is -0.121. The molecule has 0 radical (unpaired) electrons. The number of imide groups is 1. The van der Waals surface area contributed by atoms with Gasteiger partial charge in [0, 0.05) is 11.6 Å². The number of nitrogens with zero attached hydrogens (tertiary/aromatic N) is 1. The van der Waals surface area contributed by atoms with Crippen LogP contribution in [0.2, 0.25) is 5.02 Å². The first kappa shape index (κ1) is 19.5. The number of carbonyl (C=O) groups excluding carboxylic acids is 2. The molecule has 7 nitrogen and oxygen atoms in total. The maximum Gasteiger partial charge on any atom is 0.251 e. The first-order valence-corrected chi connectivity index (χ1v) is 10.1. The van der Waals surface area contributed by atoms with Crippen molar-refractivity contribution in [1.29, 1.82) is 0 Å². The van der Waals surface area contributed by atoms with Gasteiger partial charge in [-0.25, -0.2) is 18.5 Å². The van der Waals surface area contributed by atoms with E-state index in [0.29, 0.717) is 17.3 Å². The van der Waals surface area contributed by atoms with Crippen molar-refractivity contribution >= 4 is 39.1 Å². The number of nitrogens with two attached hydrogens (primary N) is 1. The van der Waals surface area contributed by atoms with Crippen LogP contribution in [0.15, 0.2) is 47.4 Å². The van der Waals surface area contributed by atoms with Crippen LogP contribution in [0.3, 0.4) is 0 Å². The molecule has 3 N–H and O–H groups in total. The Morgan fingerprint density at radius 1 is 1.19 bits per heavy atom. The number of hydrogen-bond donors (Lipinski definition) is 2. The highest BCUT2D eigenvalue weighted by molar-refractivity contribution is 7.89. The van der Waals surface area contributed by atoms with Gasteiger partial charge in [0.2, 0.25) is 15.9 Å². The maximum atomic E-state index is 12.6. The molecule has 1 fully saturated rings. The molecule has 0 aliphatic carbocycles. The molecule has 2 aromatic rings. The van der Waals surface area contributed by atoms with E-state index in [0.717, 1.165) is 16.0 Å². The number of rotatable bonds is 5. The predicted octanol–water partition coefficient (Wildman–Crippen LogP) is 1.72. The molecule has 1 heterocycles. The summed E-state index contributed by atoms with van der Waals surface area (Å²) in [7, 11) is -3.75. The molecular weight excluding hydrogens is 390 g/mol. The summed E-state index contributed by atoms with van der Waals surface area (Å²) < 4.78 is 22.5. The van der Waals surface area contributed by atoms with Crippen molar-refractivity contribution in [3.8, 4) is 0 Å². The van der Waals surface area contributed by atoms with Crippen molar-refractivity contribution in [2.75, 3.05) is 4.90 Å². The van der Waals surface area contributed by atoms with Crippen LogP contribution in [-0.2, 0) is 26.2 Å². The second-order valence-corrected chi connectivity index (χ2v) is 8.30. The van der Waals surface area contributed by atoms with Crippen LogP contribution in [0, 0.1) is 6.92 Å². The van der Waals surface area contributed by atoms with Gasteiger partial charge in [-0.05, 0) is 42.3 Å². The highest BCUT2D eigenvalue weighted by atomic mass is 35.5. The lowest BCUT2D eigenvalue weighted by atomic mass is 10.2. The van der Waals surface area contributed by atoms with Gasteiger partial charge < -0.3 is 5.32 Å². The Labute approximate surface area is 162 Å². The van der Waals surface area contributed by atoms with E-state index in [4.69, 9.17) is 16.7 Å². The third kappa shape index (κ3) is 4.19. The van der Waals surface area contributed by atoms with E-state index in [-0.39, 0.29) is 23.1 Å². The van der Waals surface area contributed by atoms with Gasteiger partial charge in [0.25, 0.3) is 5.91 Å². The second kappa shape index (κ2) is 7.40. The van der Waals surface area contributed by atoms with Gasteiger partial charge in [-0.15, -0.1) is 0 Å². The van der Waals surface area contributed by atoms with E-state index in [1.807, 2.05) is 6.92 Å². The molecule has 0 aromatic heterocycles. The number of amides is 2. The highest BCUT2D eigenvalue weighted by Gasteiger charge is 2.39. The topological polar surface area (TPSA) is 110 Å². The van der Waals surface area contributed by atoms with Gasteiger partial charge in [0.05, 0.1) is 23.0 Å². The summed E-state index contributed by atoms with van der Waals surface area (Å²) in [5.74, 6) is -0.650. The van der Waals surface area contributed by atoms with Crippen LogP contribution in [-0.4, -0.2) is 26.3 Å². The smallest absolute Gasteiger partial charge is 0.251 e. The van der Waals surface area contributed by atoms with Gasteiger partial charge in [0.15, 0.2) is 0 Å². The minimum absolute atomic E-state index is 0.0146. The third-order valence-electron chi connectivity index (χ3n) is 4.36. The molecule has 0 saturated carbocycles. The minimum atomic E-state index is -3.75. The SMILES string of the molecule is Cc1ccc(N2C(=O)C[C@@H](NCc3ccc(S(N)(=O)=O)cc3)C2=O)cc1Cl. The fraction of sp³-hybridized carbons (Fsp3) is 0.222. The summed E-state index contributed by atoms with van der Waals surface area (Å²) in [6.45, 7) is 2.14. The Bertz CT molecular complexity index is 1010. The Morgan fingerprint density at radius 2 is 1.85 bits per heavy atom. The third-order valence-corrected chi connectivity index (χ3v) is 5.70. The van der Waals surface area contributed by atoms with Crippen molar-refractivity contribution < 1.29 is 18.0 Å². The lowest BCUT2D eigenvalue weighted by Gasteiger charge is -2.16. The average molecular weight is 408 g/mol. The zero-order valence-electron chi connectivity index (χ0n) is 14.5. The van der Waals surface area contributed by atoms with Gasteiger partial charge in [0.1, 0.15) is 0 Å². The van der Waals surface area contributed by atoms with Crippen molar-refractivity contribution in [3.05, 3.63) is 58.6 Å². The number of carbonyl (C=O) groups is 2. The first-order chi connectivity index (χ1) is 12.7. The molecule has 9 heteroatoms. The van der Waals surface area contributed by atoms with Crippen LogP contribution >= 0.6 is 11.6 Å². The summed E-state index contributed by atoms with van der Waals surface area (Å²) >= 11 is 6.09. The molecule has 142 valence electrons. The molecule has 1 atom stereocenters. The molecule has 0 bridgehead atoms. The largest absolute Gasteiger partial charge is 0.301 e. The van der Waals surface area contributed by atoms with Crippen LogP contribution in [0.5, 0.6) is 0 Å². The van der Waals surface area contributed by atoms with Gasteiger partial charge >= 0.3 is 0 Å². The van der Waals surface area contributed by atoms with Gasteiger partial charge in [-0.3, -0.25) is 9.59 Å². The average Bonchev–Trinajstić information content (AvgIpc) is 2.89. The van der Waals surface area contributed by atoms with Crippen molar-refractivity contribution in [2.24, 2.45) is 5.14 Å². The molecule has 2 aromatic carbocycles. The fourth-order valence-electron chi connectivity index (χ4n) is 2.82.